The van der Waals surface area contributed by atoms with Crippen LogP contribution in [-0.2, 0) is 24.8 Å². The molecule has 13 nitrogen and oxygen atoms in total. The summed E-state index contributed by atoms with van der Waals surface area (Å²) >= 11 is 7.17. The monoisotopic (exact) mass is 678 g/mol. The number of aromatic nitrogens is 3. The Hall–Kier alpha value is -3.25. The maximum Gasteiger partial charge on any atom is 0.292 e. The zero-order valence-electron chi connectivity index (χ0n) is 23.2. The number of fused-ring (bicyclic) bond motifs is 1. The van der Waals surface area contributed by atoms with Crippen LogP contribution in [0.4, 0.5) is 0 Å². The summed E-state index contributed by atoms with van der Waals surface area (Å²) in [5, 5.41) is 13.3. The largest absolute Gasteiger partial charge is 0.618 e. The maximum atomic E-state index is 13.8. The minimum absolute atomic E-state index is 0.0601. The Balaban J connectivity index is 1.29. The minimum atomic E-state index is -4.02. The average Bonchev–Trinajstić information content (AvgIpc) is 3.46. The highest BCUT2D eigenvalue weighted by atomic mass is 35.5. The van der Waals surface area contributed by atoms with Crippen LogP contribution in [0.15, 0.2) is 65.3 Å². The average molecular weight is 679 g/mol. The number of rotatable bonds is 7. The van der Waals surface area contributed by atoms with Gasteiger partial charge in [0.25, 0.3) is 15.9 Å². The molecule has 44 heavy (non-hydrogen) atoms. The molecule has 0 saturated carbocycles. The van der Waals surface area contributed by atoms with E-state index in [1.54, 1.807) is 42.5 Å². The predicted molar refractivity (Wildman–Crippen MR) is 163 cm³/mol. The highest BCUT2D eigenvalue weighted by molar-refractivity contribution is 7.91. The molecule has 1 atom stereocenters. The molecular formula is C27H27ClN6O7S3. The third kappa shape index (κ3) is 6.15. The summed E-state index contributed by atoms with van der Waals surface area (Å²) in [4.78, 5) is 23.3. The first-order chi connectivity index (χ1) is 21.0. The fourth-order valence-electron chi connectivity index (χ4n) is 5.21. The number of sulfonamides is 2. The Kier molecular flexibility index (Phi) is 8.58. The van der Waals surface area contributed by atoms with E-state index in [0.29, 0.717) is 25.7 Å². The number of ether oxygens (including phenoxy) is 1. The highest BCUT2D eigenvalue weighted by Gasteiger charge is 2.41. The molecule has 0 bridgehead atoms. The SMILES string of the molecule is O=C(c1ncc(-c2cccc[n+]2[O-])cn1)N1CCN(S(=O)(=O)c2cc3ccc(Cl)cc3s2)CC1CS(=O)(=O)N1CCOCC1. The quantitative estimate of drug-likeness (QED) is 0.210. The third-order valence-corrected chi connectivity index (χ3v) is 13.1. The number of benzene rings is 1. The van der Waals surface area contributed by atoms with Crippen LogP contribution in [0.5, 0.6) is 0 Å². The van der Waals surface area contributed by atoms with E-state index in [4.69, 9.17) is 16.3 Å². The van der Waals surface area contributed by atoms with Crippen LogP contribution in [0.3, 0.4) is 0 Å². The van der Waals surface area contributed by atoms with Gasteiger partial charge in [0.1, 0.15) is 4.21 Å². The number of nitrogens with zero attached hydrogens (tertiary/aromatic N) is 6. The van der Waals surface area contributed by atoms with Crippen LogP contribution in [-0.4, -0.2) is 104 Å². The topological polar surface area (TPSA) is 157 Å². The van der Waals surface area contributed by atoms with Gasteiger partial charge in [-0.25, -0.2) is 26.8 Å². The summed E-state index contributed by atoms with van der Waals surface area (Å²) in [6.07, 6.45) is 4.02. The third-order valence-electron chi connectivity index (χ3n) is 7.49. The Labute approximate surface area is 263 Å². The number of morpholine rings is 1. The first kappa shape index (κ1) is 30.8. The van der Waals surface area contributed by atoms with Crippen LogP contribution in [0, 0.1) is 5.21 Å². The van der Waals surface area contributed by atoms with Crippen molar-refractivity contribution in [3.05, 3.63) is 77.1 Å². The summed E-state index contributed by atoms with van der Waals surface area (Å²) in [6.45, 7) is 0.434. The van der Waals surface area contributed by atoms with Crippen LogP contribution in [0.2, 0.25) is 5.02 Å². The van der Waals surface area contributed by atoms with E-state index in [1.165, 1.54) is 32.1 Å². The summed E-state index contributed by atoms with van der Waals surface area (Å²) in [6, 6.07) is 10.5. The Morgan fingerprint density at radius 3 is 2.50 bits per heavy atom. The second kappa shape index (κ2) is 12.3. The second-order valence-electron chi connectivity index (χ2n) is 10.3. The molecule has 0 aliphatic carbocycles. The van der Waals surface area contributed by atoms with Crippen molar-refractivity contribution in [1.82, 2.24) is 23.5 Å². The Morgan fingerprint density at radius 2 is 1.77 bits per heavy atom. The van der Waals surface area contributed by atoms with Crippen molar-refractivity contribution in [2.45, 2.75) is 10.3 Å². The van der Waals surface area contributed by atoms with E-state index in [2.05, 4.69) is 9.97 Å². The number of pyridine rings is 1. The summed E-state index contributed by atoms with van der Waals surface area (Å²) in [5.74, 6) is -1.34. The molecule has 6 rings (SSSR count). The number of carbonyl (C=O) groups excluding carboxylic acids is 1. The molecule has 1 aromatic carbocycles. The summed E-state index contributed by atoms with van der Waals surface area (Å²) in [7, 11) is -7.92. The lowest BCUT2D eigenvalue weighted by Gasteiger charge is -2.41. The molecule has 0 N–H and O–H groups in total. The van der Waals surface area contributed by atoms with Gasteiger partial charge in [-0.3, -0.25) is 4.79 Å². The molecule has 2 saturated heterocycles. The van der Waals surface area contributed by atoms with Crippen LogP contribution < -0.4 is 4.73 Å². The zero-order chi connectivity index (χ0) is 31.1. The Bertz CT molecular complexity index is 1920. The van der Waals surface area contributed by atoms with Gasteiger partial charge in [-0.2, -0.15) is 13.3 Å². The lowest BCUT2D eigenvalue weighted by molar-refractivity contribution is -0.593. The number of amides is 1. The highest BCUT2D eigenvalue weighted by Crippen LogP contribution is 2.33. The van der Waals surface area contributed by atoms with Gasteiger partial charge in [0.15, 0.2) is 6.20 Å². The zero-order valence-corrected chi connectivity index (χ0v) is 26.4. The predicted octanol–water partition coefficient (Wildman–Crippen LogP) is 1.82. The molecule has 3 aromatic heterocycles. The molecule has 2 aliphatic heterocycles. The fraction of sp³-hybridized carbons (Fsp3) is 0.333. The van der Waals surface area contributed by atoms with E-state index in [1.807, 2.05) is 0 Å². The van der Waals surface area contributed by atoms with Gasteiger partial charge >= 0.3 is 0 Å². The maximum absolute atomic E-state index is 13.8. The lowest BCUT2D eigenvalue weighted by Crippen LogP contribution is -2.59. The molecule has 5 heterocycles. The van der Waals surface area contributed by atoms with E-state index in [-0.39, 0.29) is 56.0 Å². The molecule has 2 aliphatic rings. The van der Waals surface area contributed by atoms with Crippen LogP contribution in [0.1, 0.15) is 10.6 Å². The molecular weight excluding hydrogens is 652 g/mol. The van der Waals surface area contributed by atoms with E-state index < -0.39 is 37.7 Å². The second-order valence-corrected chi connectivity index (χ2v) is 16.0. The number of hydrogen-bond acceptors (Lipinski definition) is 10. The van der Waals surface area contributed by atoms with Gasteiger partial charge in [0, 0.05) is 67.0 Å². The van der Waals surface area contributed by atoms with Crippen molar-refractivity contribution in [3.63, 3.8) is 0 Å². The van der Waals surface area contributed by atoms with Crippen molar-refractivity contribution in [2.24, 2.45) is 0 Å². The van der Waals surface area contributed by atoms with Gasteiger partial charge < -0.3 is 14.8 Å². The van der Waals surface area contributed by atoms with Crippen LogP contribution >= 0.6 is 22.9 Å². The smallest absolute Gasteiger partial charge is 0.292 e. The first-order valence-corrected chi connectivity index (χ1v) is 17.8. The van der Waals surface area contributed by atoms with E-state index >= 15 is 0 Å². The molecule has 1 unspecified atom stereocenters. The van der Waals surface area contributed by atoms with E-state index in [0.717, 1.165) is 16.7 Å². The minimum Gasteiger partial charge on any atom is -0.618 e. The molecule has 2 fully saturated rings. The Morgan fingerprint density at radius 1 is 1.02 bits per heavy atom. The number of halogens is 1. The number of piperazine rings is 1. The first-order valence-electron chi connectivity index (χ1n) is 13.6. The van der Waals surface area contributed by atoms with Gasteiger partial charge in [0.2, 0.25) is 21.5 Å². The van der Waals surface area contributed by atoms with Gasteiger partial charge in [-0.05, 0) is 29.7 Å². The van der Waals surface area contributed by atoms with Gasteiger partial charge in [0.05, 0.1) is 30.6 Å². The molecule has 232 valence electrons. The standard InChI is InChI=1S/C27H27ClN6O7S3/c28-21-5-4-19-13-25(42-24(19)14-21)44(39,40)32-7-8-33(22(17-32)18-43(37,38)31-9-11-41-12-10-31)27(35)26-29-15-20(16-30-26)23-3-1-2-6-34(23)36/h1-6,13-16,22H,7-12,17-18H2. The van der Waals surface area contributed by atoms with Gasteiger partial charge in [-0.1, -0.05) is 17.7 Å². The van der Waals surface area contributed by atoms with Crippen molar-refractivity contribution < 1.29 is 31.1 Å². The molecule has 17 heteroatoms. The van der Waals surface area contributed by atoms with Crippen molar-refractivity contribution >= 4 is 59.0 Å². The molecule has 4 aromatic rings. The number of carbonyl (C=O) groups is 1. The van der Waals surface area contributed by atoms with Crippen molar-refractivity contribution in [2.75, 3.05) is 51.7 Å². The fourth-order valence-corrected chi connectivity index (χ4v) is 10.2. The number of thiophene rings is 1. The van der Waals surface area contributed by atoms with Crippen molar-refractivity contribution in [1.29, 1.82) is 0 Å². The lowest BCUT2D eigenvalue weighted by atomic mass is 10.2. The van der Waals surface area contributed by atoms with Crippen LogP contribution in [0.25, 0.3) is 21.3 Å². The van der Waals surface area contributed by atoms with E-state index in [9.17, 15) is 26.8 Å². The summed E-state index contributed by atoms with van der Waals surface area (Å²) < 4.78 is 63.7. The molecule has 1 amide bonds. The normalized spacial score (nSPS) is 18.9. The number of hydrogen-bond donors (Lipinski definition) is 0. The van der Waals surface area contributed by atoms with Gasteiger partial charge in [-0.15, -0.1) is 11.3 Å². The van der Waals surface area contributed by atoms with Crippen molar-refractivity contribution in [3.8, 4) is 11.3 Å². The molecule has 0 radical (unpaired) electrons. The molecule has 0 spiro atoms. The summed E-state index contributed by atoms with van der Waals surface area (Å²) in [5.41, 5.74) is 0.687.